The van der Waals surface area contributed by atoms with Crippen LogP contribution in [0.3, 0.4) is 0 Å². The van der Waals surface area contributed by atoms with Crippen LogP contribution in [-0.2, 0) is 19.4 Å². The van der Waals surface area contributed by atoms with Gasteiger partial charge in [0.15, 0.2) is 15.5 Å². The molecule has 0 aromatic heterocycles. The summed E-state index contributed by atoms with van der Waals surface area (Å²) in [7, 11) is -2.93. The number of sulfone groups is 1. The van der Waals surface area contributed by atoms with Crippen LogP contribution in [0.15, 0.2) is 77.4 Å². The number of benzene rings is 2. The van der Waals surface area contributed by atoms with E-state index in [1.165, 1.54) is 6.08 Å². The summed E-state index contributed by atoms with van der Waals surface area (Å²) in [6.45, 7) is 0.946. The van der Waals surface area contributed by atoms with E-state index in [-0.39, 0.29) is 22.8 Å². The SMILES string of the molecule is O=C(O)C1=NN(c2ccccc2)C(=O)/C1=C\C=C\c1ccc(N2CCS(=O)(=O)CC2)cc1. The first-order valence-corrected chi connectivity index (χ1v) is 11.8. The fourth-order valence-electron chi connectivity index (χ4n) is 3.49. The summed E-state index contributed by atoms with van der Waals surface area (Å²) in [6.07, 6.45) is 4.82. The number of carbonyl (C=O) groups excluding carboxylic acids is 1. The van der Waals surface area contributed by atoms with E-state index in [0.29, 0.717) is 18.8 Å². The van der Waals surface area contributed by atoms with Crippen molar-refractivity contribution in [3.63, 3.8) is 0 Å². The molecule has 1 N–H and O–H groups in total. The van der Waals surface area contributed by atoms with E-state index in [1.54, 1.807) is 42.5 Å². The molecular formula is C23H21N3O5S. The molecule has 8 nitrogen and oxygen atoms in total. The molecule has 2 heterocycles. The van der Waals surface area contributed by atoms with Crippen molar-refractivity contribution in [1.29, 1.82) is 0 Å². The third-order valence-corrected chi connectivity index (χ3v) is 6.84. The van der Waals surface area contributed by atoms with Crippen LogP contribution in [-0.4, -0.2) is 55.7 Å². The summed E-state index contributed by atoms with van der Waals surface area (Å²) in [4.78, 5) is 26.3. The van der Waals surface area contributed by atoms with E-state index < -0.39 is 21.7 Å². The van der Waals surface area contributed by atoms with Crippen molar-refractivity contribution in [2.45, 2.75) is 0 Å². The zero-order valence-corrected chi connectivity index (χ0v) is 17.9. The number of carbonyl (C=O) groups is 2. The summed E-state index contributed by atoms with van der Waals surface area (Å²) in [5.74, 6) is -1.47. The van der Waals surface area contributed by atoms with Gasteiger partial charge >= 0.3 is 5.97 Å². The molecular weight excluding hydrogens is 430 g/mol. The zero-order chi connectivity index (χ0) is 22.7. The highest BCUT2D eigenvalue weighted by Gasteiger charge is 2.34. The maximum Gasteiger partial charge on any atom is 0.357 e. The molecule has 9 heteroatoms. The molecule has 0 bridgehead atoms. The van der Waals surface area contributed by atoms with Crippen LogP contribution in [0.5, 0.6) is 0 Å². The first-order valence-electron chi connectivity index (χ1n) is 10.00. The summed E-state index contributed by atoms with van der Waals surface area (Å²) < 4.78 is 23.2. The van der Waals surface area contributed by atoms with Crippen LogP contribution in [0.1, 0.15) is 5.56 Å². The number of carboxylic acids is 1. The molecule has 0 atom stereocenters. The molecule has 0 unspecified atom stereocenters. The number of aliphatic carboxylic acids is 1. The van der Waals surface area contributed by atoms with E-state index in [2.05, 4.69) is 5.10 Å². The van der Waals surface area contributed by atoms with Gasteiger partial charge in [-0.2, -0.15) is 10.1 Å². The van der Waals surface area contributed by atoms with Gasteiger partial charge in [0, 0.05) is 18.8 Å². The van der Waals surface area contributed by atoms with Crippen LogP contribution in [0.2, 0.25) is 0 Å². The molecule has 2 aromatic carbocycles. The summed E-state index contributed by atoms with van der Waals surface area (Å²) >= 11 is 0. The zero-order valence-electron chi connectivity index (χ0n) is 17.1. The predicted molar refractivity (Wildman–Crippen MR) is 123 cm³/mol. The molecule has 1 saturated heterocycles. The molecule has 2 aliphatic heterocycles. The first-order chi connectivity index (χ1) is 15.3. The predicted octanol–water partition coefficient (Wildman–Crippen LogP) is 2.35. The van der Waals surface area contributed by atoms with Crippen molar-refractivity contribution in [1.82, 2.24) is 0 Å². The van der Waals surface area contributed by atoms with Crippen LogP contribution < -0.4 is 9.91 Å². The standard InChI is InChI=1S/C23H21N3O5S/c27-22-20(21(23(28)29)24-26(22)19-6-2-1-3-7-19)8-4-5-17-9-11-18(12-10-17)25-13-15-32(30,31)16-14-25/h1-12H,13-16H2,(H,28,29)/b5-4+,20-8-. The Hall–Kier alpha value is -3.72. The Bertz CT molecular complexity index is 1220. The minimum atomic E-state index is -2.93. The second-order valence-electron chi connectivity index (χ2n) is 7.38. The fourth-order valence-corrected chi connectivity index (χ4v) is 4.69. The molecule has 164 valence electrons. The number of nitrogens with zero attached hydrogens (tertiary/aromatic N) is 3. The molecule has 2 aromatic rings. The highest BCUT2D eigenvalue weighted by molar-refractivity contribution is 7.91. The highest BCUT2D eigenvalue weighted by atomic mass is 32.2. The average Bonchev–Trinajstić information content (AvgIpc) is 3.12. The molecule has 0 saturated carbocycles. The van der Waals surface area contributed by atoms with Crippen molar-refractivity contribution < 1.29 is 23.1 Å². The lowest BCUT2D eigenvalue weighted by atomic mass is 10.1. The number of anilines is 2. The van der Waals surface area contributed by atoms with Crippen LogP contribution in [0, 0.1) is 0 Å². The van der Waals surface area contributed by atoms with Gasteiger partial charge in [0.1, 0.15) is 0 Å². The van der Waals surface area contributed by atoms with Gasteiger partial charge in [-0.15, -0.1) is 0 Å². The Morgan fingerprint density at radius 1 is 0.969 bits per heavy atom. The van der Waals surface area contributed by atoms with Crippen molar-refractivity contribution in [2.24, 2.45) is 5.10 Å². The molecule has 0 spiro atoms. The second-order valence-corrected chi connectivity index (χ2v) is 9.68. The quantitative estimate of drug-likeness (QED) is 0.700. The number of hydrogen-bond acceptors (Lipinski definition) is 6. The van der Waals surface area contributed by atoms with E-state index in [4.69, 9.17) is 0 Å². The summed E-state index contributed by atoms with van der Waals surface area (Å²) in [5, 5.41) is 14.5. The van der Waals surface area contributed by atoms with Gasteiger partial charge < -0.3 is 10.0 Å². The molecule has 32 heavy (non-hydrogen) atoms. The van der Waals surface area contributed by atoms with Crippen molar-refractivity contribution >= 4 is 44.9 Å². The van der Waals surface area contributed by atoms with E-state index in [0.717, 1.165) is 16.3 Å². The Morgan fingerprint density at radius 3 is 2.25 bits per heavy atom. The number of allylic oxidation sites excluding steroid dienone is 2. The maximum absolute atomic E-state index is 12.7. The maximum atomic E-state index is 12.7. The molecule has 1 fully saturated rings. The third kappa shape index (κ3) is 4.62. The number of amides is 1. The van der Waals surface area contributed by atoms with Gasteiger partial charge in [-0.3, -0.25) is 4.79 Å². The van der Waals surface area contributed by atoms with E-state index in [9.17, 15) is 23.1 Å². The minimum Gasteiger partial charge on any atom is -0.476 e. The van der Waals surface area contributed by atoms with Gasteiger partial charge in [0.05, 0.1) is 22.8 Å². The van der Waals surface area contributed by atoms with Crippen molar-refractivity contribution in [3.05, 3.63) is 77.9 Å². The minimum absolute atomic E-state index is 0.00347. The van der Waals surface area contributed by atoms with Gasteiger partial charge in [-0.25, -0.2) is 13.2 Å². The molecule has 0 aliphatic carbocycles. The van der Waals surface area contributed by atoms with Gasteiger partial charge in [0.25, 0.3) is 5.91 Å². The van der Waals surface area contributed by atoms with Crippen LogP contribution in [0.4, 0.5) is 11.4 Å². The van der Waals surface area contributed by atoms with Crippen LogP contribution >= 0.6 is 0 Å². The molecule has 2 aliphatic rings. The van der Waals surface area contributed by atoms with Crippen LogP contribution in [0.25, 0.3) is 6.08 Å². The van der Waals surface area contributed by atoms with Gasteiger partial charge in [-0.05, 0) is 35.9 Å². The third-order valence-electron chi connectivity index (χ3n) is 5.24. The van der Waals surface area contributed by atoms with Crippen molar-refractivity contribution in [2.75, 3.05) is 34.5 Å². The number of para-hydroxylation sites is 1. The molecule has 1 amide bonds. The first kappa shape index (κ1) is 21.5. The Labute approximate surface area is 185 Å². The Kier molecular flexibility index (Phi) is 5.91. The van der Waals surface area contributed by atoms with Gasteiger partial charge in [0.2, 0.25) is 0 Å². The number of hydrogen-bond donors (Lipinski definition) is 1. The fraction of sp³-hybridized carbons (Fsp3) is 0.174. The Balaban J connectivity index is 1.48. The number of hydrazone groups is 1. The van der Waals surface area contributed by atoms with E-state index >= 15 is 0 Å². The second kappa shape index (κ2) is 8.80. The average molecular weight is 452 g/mol. The Morgan fingerprint density at radius 2 is 1.62 bits per heavy atom. The monoisotopic (exact) mass is 451 g/mol. The van der Waals surface area contributed by atoms with Gasteiger partial charge in [-0.1, -0.05) is 42.5 Å². The lowest BCUT2D eigenvalue weighted by Crippen LogP contribution is -2.40. The number of rotatable bonds is 5. The lowest BCUT2D eigenvalue weighted by Gasteiger charge is -2.28. The summed E-state index contributed by atoms with van der Waals surface area (Å²) in [6, 6.07) is 16.2. The largest absolute Gasteiger partial charge is 0.476 e. The number of carboxylic acid groups (broad SMARTS) is 1. The highest BCUT2D eigenvalue weighted by Crippen LogP contribution is 2.24. The lowest BCUT2D eigenvalue weighted by molar-refractivity contribution is -0.129. The smallest absolute Gasteiger partial charge is 0.357 e. The topological polar surface area (TPSA) is 107 Å². The van der Waals surface area contributed by atoms with E-state index in [1.807, 2.05) is 29.2 Å². The molecule has 4 rings (SSSR count). The normalized spacial score (nSPS) is 19.6. The molecule has 0 radical (unpaired) electrons. The summed E-state index contributed by atoms with van der Waals surface area (Å²) in [5.41, 5.74) is 1.99. The van der Waals surface area contributed by atoms with Crippen molar-refractivity contribution in [3.8, 4) is 0 Å².